The minimum Gasteiger partial charge on any atom is -0.205 e. The summed E-state index contributed by atoms with van der Waals surface area (Å²) < 4.78 is 27.0. The maximum Gasteiger partial charge on any atom is 0.266 e. The van der Waals surface area contributed by atoms with Crippen LogP contribution < -0.4 is 0 Å². The third-order valence-electron chi connectivity index (χ3n) is 1.86. The summed E-state index contributed by atoms with van der Waals surface area (Å²) in [5, 5.41) is 0.540. The Bertz CT molecular complexity index is 481. The van der Waals surface area contributed by atoms with E-state index >= 15 is 0 Å². The fourth-order valence-electron chi connectivity index (χ4n) is 1.26. The van der Waals surface area contributed by atoms with Gasteiger partial charge < -0.3 is 0 Å². The van der Waals surface area contributed by atoms with Crippen LogP contribution in [0.3, 0.4) is 0 Å². The molecule has 1 heterocycles. The van der Waals surface area contributed by atoms with E-state index in [1.165, 1.54) is 11.3 Å². The van der Waals surface area contributed by atoms with Crippen LogP contribution in [0.5, 0.6) is 0 Å². The molecule has 0 saturated heterocycles. The van der Waals surface area contributed by atoms with Gasteiger partial charge in [0.1, 0.15) is 4.34 Å². The Hall–Kier alpha value is -0.190. The summed E-state index contributed by atoms with van der Waals surface area (Å²) in [4.78, 5) is 0. The van der Waals surface area contributed by atoms with Crippen LogP contribution in [0.25, 0.3) is 10.1 Å². The van der Waals surface area contributed by atoms with Gasteiger partial charge in [-0.1, -0.05) is 33.6 Å². The molecule has 0 saturated carbocycles. The molecular weight excluding hydrogens is 294 g/mol. The Labute approximate surface area is 96.6 Å². The van der Waals surface area contributed by atoms with E-state index in [1.54, 1.807) is 18.2 Å². The molecule has 0 aliphatic rings. The fraction of sp³-hybridized carbons (Fsp3) is 0.111. The van der Waals surface area contributed by atoms with Crippen molar-refractivity contribution in [3.63, 3.8) is 0 Å². The average molecular weight is 298 g/mol. The fourth-order valence-corrected chi connectivity index (χ4v) is 3.19. The first-order valence-electron chi connectivity index (χ1n) is 3.75. The van der Waals surface area contributed by atoms with Crippen LogP contribution in [0, 0.1) is 0 Å². The Morgan fingerprint density at radius 1 is 1.36 bits per heavy atom. The highest BCUT2D eigenvalue weighted by Gasteiger charge is 2.18. The normalized spacial score (nSPS) is 11.5. The minimum atomic E-state index is -2.52. The molecule has 14 heavy (non-hydrogen) atoms. The highest BCUT2D eigenvalue weighted by Crippen LogP contribution is 2.41. The lowest BCUT2D eigenvalue weighted by Gasteiger charge is -1.97. The van der Waals surface area contributed by atoms with Gasteiger partial charge in [-0.15, -0.1) is 11.3 Å². The minimum absolute atomic E-state index is 0.0563. The molecule has 0 unspecified atom stereocenters. The van der Waals surface area contributed by atoms with E-state index < -0.39 is 6.43 Å². The second kappa shape index (κ2) is 3.76. The highest BCUT2D eigenvalue weighted by atomic mass is 79.9. The quantitative estimate of drug-likeness (QED) is 0.674. The molecule has 2 aromatic rings. The van der Waals surface area contributed by atoms with Crippen molar-refractivity contribution in [3.05, 3.63) is 32.6 Å². The molecule has 0 aliphatic carbocycles. The van der Waals surface area contributed by atoms with E-state index in [0.717, 1.165) is 9.17 Å². The smallest absolute Gasteiger partial charge is 0.205 e. The Kier molecular flexibility index (Phi) is 2.77. The van der Waals surface area contributed by atoms with Crippen LogP contribution in [0.4, 0.5) is 8.78 Å². The standard InChI is InChI=1S/C9H4BrClF2S/c10-4-1-2-5-6(3-4)14-8(11)7(5)9(12)13/h1-3,9H. The summed E-state index contributed by atoms with van der Waals surface area (Å²) in [7, 11) is 0. The van der Waals surface area contributed by atoms with Gasteiger partial charge >= 0.3 is 0 Å². The van der Waals surface area contributed by atoms with Crippen LogP contribution in [-0.2, 0) is 0 Å². The number of thiophene rings is 1. The lowest BCUT2D eigenvalue weighted by molar-refractivity contribution is 0.153. The van der Waals surface area contributed by atoms with Crippen LogP contribution in [0.2, 0.25) is 4.34 Å². The number of halogens is 4. The van der Waals surface area contributed by atoms with Crippen molar-refractivity contribution in [2.24, 2.45) is 0 Å². The summed E-state index contributed by atoms with van der Waals surface area (Å²) in [6, 6.07) is 5.18. The van der Waals surface area contributed by atoms with Gasteiger partial charge in [-0.2, -0.15) is 0 Å². The maximum absolute atomic E-state index is 12.6. The molecule has 0 amide bonds. The van der Waals surface area contributed by atoms with Gasteiger partial charge in [0, 0.05) is 14.6 Å². The topological polar surface area (TPSA) is 0 Å². The van der Waals surface area contributed by atoms with Gasteiger partial charge in [-0.3, -0.25) is 0 Å². The van der Waals surface area contributed by atoms with Crippen molar-refractivity contribution < 1.29 is 8.78 Å². The van der Waals surface area contributed by atoms with E-state index in [2.05, 4.69) is 15.9 Å². The number of benzene rings is 1. The van der Waals surface area contributed by atoms with Crippen molar-refractivity contribution in [2.45, 2.75) is 6.43 Å². The lowest BCUT2D eigenvalue weighted by Crippen LogP contribution is -1.81. The zero-order valence-corrected chi connectivity index (χ0v) is 9.89. The van der Waals surface area contributed by atoms with E-state index in [-0.39, 0.29) is 9.90 Å². The van der Waals surface area contributed by atoms with Gasteiger partial charge in [0.15, 0.2) is 0 Å². The van der Waals surface area contributed by atoms with Crippen molar-refractivity contribution in [3.8, 4) is 0 Å². The van der Waals surface area contributed by atoms with Crippen molar-refractivity contribution in [1.29, 1.82) is 0 Å². The number of hydrogen-bond acceptors (Lipinski definition) is 1. The molecule has 0 radical (unpaired) electrons. The lowest BCUT2D eigenvalue weighted by atomic mass is 10.2. The zero-order valence-electron chi connectivity index (χ0n) is 6.73. The molecule has 74 valence electrons. The molecule has 0 bridgehead atoms. The number of fused-ring (bicyclic) bond motifs is 1. The van der Waals surface area contributed by atoms with Crippen LogP contribution in [0.15, 0.2) is 22.7 Å². The molecule has 2 rings (SSSR count). The van der Waals surface area contributed by atoms with E-state index in [9.17, 15) is 8.78 Å². The summed E-state index contributed by atoms with van der Waals surface area (Å²) >= 11 is 10.2. The summed E-state index contributed by atoms with van der Waals surface area (Å²) in [5.41, 5.74) is -0.0563. The Morgan fingerprint density at radius 3 is 2.71 bits per heavy atom. The first-order valence-corrected chi connectivity index (χ1v) is 5.74. The Morgan fingerprint density at radius 2 is 2.07 bits per heavy atom. The number of alkyl halides is 2. The molecule has 0 aliphatic heterocycles. The van der Waals surface area contributed by atoms with Crippen LogP contribution in [-0.4, -0.2) is 0 Å². The predicted octanol–water partition coefficient (Wildman–Crippen LogP) is 5.25. The predicted molar refractivity (Wildman–Crippen MR) is 59.5 cm³/mol. The molecule has 5 heteroatoms. The molecule has 0 atom stereocenters. The summed E-state index contributed by atoms with van der Waals surface area (Å²) in [6.45, 7) is 0. The van der Waals surface area contributed by atoms with E-state index in [0.29, 0.717) is 5.39 Å². The Balaban J connectivity index is 2.77. The monoisotopic (exact) mass is 296 g/mol. The van der Waals surface area contributed by atoms with Crippen molar-refractivity contribution in [2.75, 3.05) is 0 Å². The van der Waals surface area contributed by atoms with Crippen molar-refractivity contribution in [1.82, 2.24) is 0 Å². The molecule has 0 nitrogen and oxygen atoms in total. The molecule has 0 fully saturated rings. The van der Waals surface area contributed by atoms with Gasteiger partial charge in [0.05, 0.1) is 5.56 Å². The second-order valence-electron chi connectivity index (χ2n) is 2.73. The van der Waals surface area contributed by atoms with Crippen LogP contribution >= 0.6 is 38.9 Å². The molecule has 0 spiro atoms. The summed E-state index contributed by atoms with van der Waals surface area (Å²) in [6.07, 6.45) is -2.52. The molecular formula is C9H4BrClF2S. The number of hydrogen-bond donors (Lipinski definition) is 0. The maximum atomic E-state index is 12.6. The first-order chi connectivity index (χ1) is 6.59. The SMILES string of the molecule is FC(F)c1c(Cl)sc2cc(Br)ccc12. The third-order valence-corrected chi connectivity index (χ3v) is 3.75. The van der Waals surface area contributed by atoms with Gasteiger partial charge in [0.25, 0.3) is 6.43 Å². The molecule has 0 N–H and O–H groups in total. The first kappa shape index (κ1) is 10.3. The second-order valence-corrected chi connectivity index (χ2v) is 5.30. The van der Waals surface area contributed by atoms with Gasteiger partial charge in [0.2, 0.25) is 0 Å². The average Bonchev–Trinajstić information content (AvgIpc) is 2.39. The van der Waals surface area contributed by atoms with Crippen molar-refractivity contribution >= 4 is 49.0 Å². The van der Waals surface area contributed by atoms with Gasteiger partial charge in [-0.25, -0.2) is 8.78 Å². The summed E-state index contributed by atoms with van der Waals surface area (Å²) in [5.74, 6) is 0. The largest absolute Gasteiger partial charge is 0.266 e. The zero-order chi connectivity index (χ0) is 10.3. The third kappa shape index (κ3) is 1.66. The van der Waals surface area contributed by atoms with E-state index in [4.69, 9.17) is 11.6 Å². The van der Waals surface area contributed by atoms with Crippen LogP contribution in [0.1, 0.15) is 12.0 Å². The highest BCUT2D eigenvalue weighted by molar-refractivity contribution is 9.10. The molecule has 1 aromatic heterocycles. The number of rotatable bonds is 1. The molecule has 1 aromatic carbocycles. The van der Waals surface area contributed by atoms with E-state index in [1.807, 2.05) is 0 Å². The van der Waals surface area contributed by atoms with Gasteiger partial charge in [-0.05, 0) is 12.1 Å².